The molecule has 2 nitrogen and oxygen atoms in total. The fraction of sp³-hybridized carbons (Fsp3) is 0.263. The first kappa shape index (κ1) is 21.4. The topological polar surface area (TPSA) is 40.9 Å². The van der Waals surface area contributed by atoms with Crippen LogP contribution in [0.1, 0.15) is 35.3 Å². The van der Waals surface area contributed by atoms with Crippen LogP contribution in [0.15, 0.2) is 30.3 Å². The number of halogens is 4. The van der Waals surface area contributed by atoms with Gasteiger partial charge in [0.1, 0.15) is 5.40 Å². The van der Waals surface area contributed by atoms with Crippen molar-refractivity contribution in [1.29, 1.82) is 5.26 Å². The van der Waals surface area contributed by atoms with Crippen LogP contribution in [0.4, 0.5) is 0 Å². The molecule has 26 heavy (non-hydrogen) atoms. The fourth-order valence-electron chi connectivity index (χ4n) is 2.49. The molecule has 0 heterocycles. The molecule has 1 atom stereocenters. The van der Waals surface area contributed by atoms with Gasteiger partial charge in [-0.3, -0.25) is 4.79 Å². The van der Waals surface area contributed by atoms with Crippen molar-refractivity contribution in [3.05, 3.63) is 67.1 Å². The first-order valence-corrected chi connectivity index (χ1v) is 10.1. The number of nitriles is 1. The maximum atomic E-state index is 12.9. The van der Waals surface area contributed by atoms with Crippen LogP contribution in [-0.4, -0.2) is 11.0 Å². The van der Waals surface area contributed by atoms with E-state index in [1.807, 2.05) is 25.3 Å². The van der Waals surface area contributed by atoms with Gasteiger partial charge in [0.25, 0.3) is 0 Å². The molecule has 0 fully saturated rings. The molecule has 2 aromatic carbocycles. The van der Waals surface area contributed by atoms with E-state index in [-0.39, 0.29) is 16.7 Å². The van der Waals surface area contributed by atoms with E-state index < -0.39 is 5.25 Å². The van der Waals surface area contributed by atoms with Crippen molar-refractivity contribution in [2.75, 3.05) is 0 Å². The monoisotopic (exact) mass is 445 g/mol. The number of hydrogen-bond donors (Lipinski definition) is 0. The minimum absolute atomic E-state index is 0.00643. The Labute approximate surface area is 177 Å². The summed E-state index contributed by atoms with van der Waals surface area (Å²) >= 11 is 25.7. The van der Waals surface area contributed by atoms with E-state index in [1.165, 1.54) is 0 Å². The number of benzene rings is 2. The lowest BCUT2D eigenvalue weighted by Crippen LogP contribution is -2.23. The number of ketones is 1. The molecule has 0 aliphatic rings. The predicted octanol–water partition coefficient (Wildman–Crippen LogP) is 7.31. The smallest absolute Gasteiger partial charge is 0.178 e. The molecule has 2 rings (SSSR count). The zero-order valence-corrected chi connectivity index (χ0v) is 17.9. The fourth-order valence-corrected chi connectivity index (χ4v) is 4.13. The summed E-state index contributed by atoms with van der Waals surface area (Å²) in [6.07, 6.45) is 0.435. The first-order valence-electron chi connectivity index (χ1n) is 7.75. The Morgan fingerprint density at radius 1 is 1.04 bits per heavy atom. The minimum Gasteiger partial charge on any atom is -0.293 e. The Hall–Kier alpha value is -0.890. The highest BCUT2D eigenvalue weighted by Gasteiger charge is 2.27. The van der Waals surface area contributed by atoms with Crippen molar-refractivity contribution < 1.29 is 4.79 Å². The van der Waals surface area contributed by atoms with Gasteiger partial charge in [-0.25, -0.2) is 0 Å². The van der Waals surface area contributed by atoms with E-state index in [0.717, 1.165) is 22.9 Å². The second kappa shape index (κ2) is 9.35. The van der Waals surface area contributed by atoms with Crippen molar-refractivity contribution >= 4 is 63.9 Å². The molecule has 0 amide bonds. The molecule has 0 saturated carbocycles. The minimum atomic E-state index is -0.495. The van der Waals surface area contributed by atoms with Gasteiger partial charge in [0, 0.05) is 27.1 Å². The number of thioether (sulfide) groups is 1. The van der Waals surface area contributed by atoms with Crippen LogP contribution < -0.4 is 0 Å². The Balaban J connectivity index is 2.42. The number of carbonyl (C=O) groups excluding carboxylic acids is 1. The summed E-state index contributed by atoms with van der Waals surface area (Å²) in [5.41, 5.74) is 1.93. The van der Waals surface area contributed by atoms with E-state index in [9.17, 15) is 4.79 Å². The van der Waals surface area contributed by atoms with Crippen molar-refractivity contribution in [3.8, 4) is 5.40 Å². The lowest BCUT2D eigenvalue weighted by molar-refractivity contribution is 0.0976. The first-order chi connectivity index (χ1) is 12.2. The largest absolute Gasteiger partial charge is 0.293 e. The Morgan fingerprint density at radius 3 is 2.27 bits per heavy atom. The van der Waals surface area contributed by atoms with Gasteiger partial charge < -0.3 is 0 Å². The highest BCUT2D eigenvalue weighted by Crippen LogP contribution is 2.33. The maximum Gasteiger partial charge on any atom is 0.178 e. The zero-order chi connectivity index (χ0) is 19.4. The summed E-state index contributed by atoms with van der Waals surface area (Å²) in [5, 5.41) is 12.3. The highest BCUT2D eigenvalue weighted by atomic mass is 35.5. The average molecular weight is 447 g/mol. The average Bonchev–Trinajstić information content (AvgIpc) is 2.56. The molecule has 0 aliphatic carbocycles. The third-order valence-electron chi connectivity index (χ3n) is 3.84. The van der Waals surface area contributed by atoms with E-state index in [2.05, 4.69) is 0 Å². The van der Waals surface area contributed by atoms with Crippen LogP contribution in [-0.2, 0) is 6.42 Å². The number of rotatable bonds is 6. The summed E-state index contributed by atoms with van der Waals surface area (Å²) in [4.78, 5) is 12.9. The standard InChI is InChI=1S/C19H15Cl4NOS/c1-10(2)19(26-9-24)18(25)14-6-12(16(22)8-17(14)23)5-11-3-4-13(20)7-15(11)21/h3-4,6-8,10,19H,5H2,1-2H3. The molecule has 0 saturated heterocycles. The lowest BCUT2D eigenvalue weighted by atomic mass is 9.96. The number of nitrogens with zero attached hydrogens (tertiary/aromatic N) is 1. The van der Waals surface area contributed by atoms with E-state index >= 15 is 0 Å². The molecule has 136 valence electrons. The van der Waals surface area contributed by atoms with E-state index in [4.69, 9.17) is 51.7 Å². The Kier molecular flexibility index (Phi) is 7.70. The van der Waals surface area contributed by atoms with Crippen molar-refractivity contribution in [3.63, 3.8) is 0 Å². The van der Waals surface area contributed by atoms with Gasteiger partial charge in [0.05, 0.1) is 10.3 Å². The van der Waals surface area contributed by atoms with Crippen LogP contribution in [0.25, 0.3) is 0 Å². The van der Waals surface area contributed by atoms with Crippen LogP contribution in [0.5, 0.6) is 0 Å². The van der Waals surface area contributed by atoms with Gasteiger partial charge in [-0.15, -0.1) is 0 Å². The maximum absolute atomic E-state index is 12.9. The third-order valence-corrected chi connectivity index (χ3v) is 6.21. The molecular formula is C19H15Cl4NOS. The van der Waals surface area contributed by atoms with Gasteiger partial charge >= 0.3 is 0 Å². The highest BCUT2D eigenvalue weighted by molar-refractivity contribution is 8.05. The molecule has 0 bridgehead atoms. The summed E-state index contributed by atoms with van der Waals surface area (Å²) in [6.45, 7) is 3.79. The molecule has 2 aromatic rings. The molecule has 0 radical (unpaired) electrons. The second-order valence-corrected chi connectivity index (χ2v) is 8.66. The quantitative estimate of drug-likeness (QED) is 0.344. The Bertz CT molecular complexity index is 877. The predicted molar refractivity (Wildman–Crippen MR) is 112 cm³/mol. The summed E-state index contributed by atoms with van der Waals surface area (Å²) in [5.74, 6) is -0.190. The summed E-state index contributed by atoms with van der Waals surface area (Å²) in [6, 6.07) is 8.47. The molecule has 0 spiro atoms. The number of thiocyanates is 1. The van der Waals surface area contributed by atoms with Crippen LogP contribution in [0, 0.1) is 16.6 Å². The molecule has 7 heteroatoms. The second-order valence-electron chi connectivity index (χ2n) is 6.07. The van der Waals surface area contributed by atoms with Gasteiger partial charge in [-0.05, 0) is 53.1 Å². The molecular weight excluding hydrogens is 432 g/mol. The van der Waals surface area contributed by atoms with Crippen molar-refractivity contribution in [2.45, 2.75) is 25.5 Å². The van der Waals surface area contributed by atoms with Crippen LogP contribution >= 0.6 is 58.2 Å². The van der Waals surface area contributed by atoms with Gasteiger partial charge in [-0.1, -0.05) is 66.3 Å². The van der Waals surface area contributed by atoms with Crippen molar-refractivity contribution in [1.82, 2.24) is 0 Å². The SMILES string of the molecule is CC(C)C(SC#N)C(=O)c1cc(Cc2ccc(Cl)cc2Cl)c(Cl)cc1Cl. The molecule has 0 aliphatic heterocycles. The molecule has 0 aromatic heterocycles. The van der Waals surface area contributed by atoms with Gasteiger partial charge in [0.15, 0.2) is 5.78 Å². The summed E-state index contributed by atoms with van der Waals surface area (Å²) < 4.78 is 0. The van der Waals surface area contributed by atoms with Crippen LogP contribution in [0.3, 0.4) is 0 Å². The lowest BCUT2D eigenvalue weighted by Gasteiger charge is -2.17. The normalized spacial score (nSPS) is 12.1. The number of Topliss-reactive ketones (excluding diaryl/α,β-unsaturated/α-hetero) is 1. The third kappa shape index (κ3) is 5.09. The zero-order valence-electron chi connectivity index (χ0n) is 14.0. The van der Waals surface area contributed by atoms with E-state index in [1.54, 1.807) is 24.3 Å². The number of carbonyl (C=O) groups is 1. The van der Waals surface area contributed by atoms with Gasteiger partial charge in [-0.2, -0.15) is 5.26 Å². The van der Waals surface area contributed by atoms with Crippen molar-refractivity contribution in [2.24, 2.45) is 5.92 Å². The summed E-state index contributed by atoms with van der Waals surface area (Å²) in [7, 11) is 0. The molecule has 1 unspecified atom stereocenters. The van der Waals surface area contributed by atoms with E-state index in [0.29, 0.717) is 27.1 Å². The Morgan fingerprint density at radius 2 is 1.69 bits per heavy atom. The van der Waals surface area contributed by atoms with Gasteiger partial charge in [0.2, 0.25) is 0 Å². The van der Waals surface area contributed by atoms with Crippen LogP contribution in [0.2, 0.25) is 20.1 Å². The molecule has 0 N–H and O–H groups in total. The number of hydrogen-bond acceptors (Lipinski definition) is 3.